The molecule has 0 saturated heterocycles. The Balaban J connectivity index is -0.000000159. The van der Waals surface area contributed by atoms with E-state index in [1.54, 1.807) is 6.08 Å². The molecule has 0 amide bonds. The van der Waals surface area contributed by atoms with Crippen LogP contribution in [0.15, 0.2) is 85.5 Å². The Labute approximate surface area is 189 Å². The van der Waals surface area contributed by atoms with Gasteiger partial charge in [-0.2, -0.15) is 0 Å². The molecule has 0 aromatic heterocycles. The zero-order valence-electron chi connectivity index (χ0n) is 18.8. The molecule has 0 aliphatic heterocycles. The summed E-state index contributed by atoms with van der Waals surface area (Å²) >= 11 is 0. The number of aliphatic carboxylic acids is 3. The van der Waals surface area contributed by atoms with Crippen molar-refractivity contribution in [3.05, 3.63) is 91.1 Å². The summed E-state index contributed by atoms with van der Waals surface area (Å²) in [6, 6.07) is 10.1. The van der Waals surface area contributed by atoms with Crippen LogP contribution in [0.2, 0.25) is 0 Å². The zero-order valence-corrected chi connectivity index (χ0v) is 18.8. The van der Waals surface area contributed by atoms with Gasteiger partial charge in [0.2, 0.25) is 0 Å². The summed E-state index contributed by atoms with van der Waals surface area (Å²) in [5.41, 5.74) is 1.74. The molecule has 1 rings (SSSR count). The third-order valence-corrected chi connectivity index (χ3v) is 2.42. The monoisotopic (exact) mass is 450 g/mol. The van der Waals surface area contributed by atoms with Crippen LogP contribution < -0.4 is 0 Å². The van der Waals surface area contributed by atoms with Crippen molar-refractivity contribution < 1.29 is 39.9 Å². The van der Waals surface area contributed by atoms with Gasteiger partial charge in [0.05, 0.1) is 13.2 Å². The Morgan fingerprint density at radius 1 is 0.750 bits per heavy atom. The van der Waals surface area contributed by atoms with E-state index in [1.165, 1.54) is 26.3 Å². The van der Waals surface area contributed by atoms with Gasteiger partial charge in [0, 0.05) is 16.7 Å². The number of carboxylic acid groups (broad SMARTS) is 3. The van der Waals surface area contributed by atoms with E-state index in [0.717, 1.165) is 0 Å². The zero-order chi connectivity index (χ0) is 26.1. The molecule has 32 heavy (non-hydrogen) atoms. The number of benzene rings is 1. The Hall–Kier alpha value is -3.75. The Morgan fingerprint density at radius 2 is 1.03 bits per heavy atom. The average Bonchev–Trinajstić information content (AvgIpc) is 2.74. The van der Waals surface area contributed by atoms with Gasteiger partial charge in [0.15, 0.2) is 0 Å². The molecule has 1 aromatic rings. The summed E-state index contributed by atoms with van der Waals surface area (Å²) in [5, 5.41) is 38.9. The number of hydrogen-bond acceptors (Lipinski definition) is 5. The fourth-order valence-corrected chi connectivity index (χ4v) is 0.743. The van der Waals surface area contributed by atoms with Crippen LogP contribution in [0.25, 0.3) is 6.08 Å². The fourth-order valence-electron chi connectivity index (χ4n) is 0.743. The first-order valence-electron chi connectivity index (χ1n) is 9.00. The van der Waals surface area contributed by atoms with E-state index >= 15 is 0 Å². The lowest BCUT2D eigenvalue weighted by Crippen LogP contribution is -1.92. The van der Waals surface area contributed by atoms with Crippen molar-refractivity contribution in [3.8, 4) is 0 Å². The van der Waals surface area contributed by atoms with E-state index < -0.39 is 17.9 Å². The highest BCUT2D eigenvalue weighted by Gasteiger charge is 1.91. The van der Waals surface area contributed by atoms with Crippen molar-refractivity contribution in [2.45, 2.75) is 20.8 Å². The minimum absolute atomic E-state index is 0.125. The molecule has 0 fully saturated rings. The van der Waals surface area contributed by atoms with Gasteiger partial charge in [-0.25, -0.2) is 14.4 Å². The summed E-state index contributed by atoms with van der Waals surface area (Å²) in [4.78, 5) is 28.8. The van der Waals surface area contributed by atoms with Gasteiger partial charge in [0.25, 0.3) is 0 Å². The lowest BCUT2D eigenvalue weighted by molar-refractivity contribution is -0.133. The highest BCUT2D eigenvalue weighted by molar-refractivity contribution is 5.85. The van der Waals surface area contributed by atoms with Gasteiger partial charge in [-0.1, -0.05) is 74.9 Å². The number of hydrogen-bond donors (Lipinski definition) is 5. The molecular weight excluding hydrogens is 416 g/mol. The van der Waals surface area contributed by atoms with Crippen LogP contribution in [-0.4, -0.2) is 56.7 Å². The van der Waals surface area contributed by atoms with Crippen molar-refractivity contribution in [3.63, 3.8) is 0 Å². The first-order valence-corrected chi connectivity index (χ1v) is 9.00. The standard InChI is InChI=1S/C10H10.3C4H6O2.C2H6O2/c1-2-3-7-10-8-5-4-6-9-10;3*1-3(2)4(5)6;3-1-2-4/h2-9H,1H2;3*1H2,2H3,(H,5,6);3-4H,1-2H2. The smallest absolute Gasteiger partial charge is 0.330 e. The van der Waals surface area contributed by atoms with Gasteiger partial charge in [0.1, 0.15) is 0 Å². The van der Waals surface area contributed by atoms with E-state index in [9.17, 15) is 14.4 Å². The predicted octanol–water partition coefficient (Wildman–Crippen LogP) is 3.80. The molecule has 178 valence electrons. The van der Waals surface area contributed by atoms with E-state index in [1.807, 2.05) is 30.4 Å². The first kappa shape index (κ1) is 35.7. The van der Waals surface area contributed by atoms with Gasteiger partial charge >= 0.3 is 17.9 Å². The Morgan fingerprint density at radius 3 is 1.22 bits per heavy atom. The normalized spacial score (nSPS) is 8.28. The lowest BCUT2D eigenvalue weighted by atomic mass is 10.2. The molecule has 0 saturated carbocycles. The highest BCUT2D eigenvalue weighted by atomic mass is 16.4. The lowest BCUT2D eigenvalue weighted by Gasteiger charge is -1.87. The maximum absolute atomic E-state index is 9.60. The number of carboxylic acids is 3. The summed E-state index contributed by atoms with van der Waals surface area (Å²) in [7, 11) is 0. The summed E-state index contributed by atoms with van der Waals surface area (Å²) in [5.74, 6) is -2.81. The molecule has 0 unspecified atom stereocenters. The largest absolute Gasteiger partial charge is 0.478 e. The fraction of sp³-hybridized carbons (Fsp3) is 0.208. The maximum Gasteiger partial charge on any atom is 0.330 e. The molecule has 0 aliphatic rings. The third kappa shape index (κ3) is 37.1. The molecule has 1 aromatic carbocycles. The molecule has 0 atom stereocenters. The van der Waals surface area contributed by atoms with Gasteiger partial charge in [-0.15, -0.1) is 0 Å². The number of allylic oxidation sites excluding steroid dienone is 2. The summed E-state index contributed by atoms with van der Waals surface area (Å²) in [6.07, 6.45) is 5.72. The SMILES string of the molecule is C=C(C)C(=O)O.C=C(C)C(=O)O.C=C(C)C(=O)O.C=CC=Cc1ccccc1.OCCO. The number of carbonyl (C=O) groups is 3. The topological polar surface area (TPSA) is 152 Å². The van der Waals surface area contributed by atoms with Crippen molar-refractivity contribution in [2.24, 2.45) is 0 Å². The van der Waals surface area contributed by atoms with Crippen molar-refractivity contribution in [1.82, 2.24) is 0 Å². The van der Waals surface area contributed by atoms with Crippen LogP contribution in [0.3, 0.4) is 0 Å². The molecule has 8 nitrogen and oxygen atoms in total. The molecule has 8 heteroatoms. The molecule has 0 radical (unpaired) electrons. The quantitative estimate of drug-likeness (QED) is 0.324. The molecule has 0 spiro atoms. The third-order valence-electron chi connectivity index (χ3n) is 2.42. The second-order valence-corrected chi connectivity index (χ2v) is 5.71. The van der Waals surface area contributed by atoms with Gasteiger partial charge < -0.3 is 25.5 Å². The Bertz CT molecular complexity index is 651. The molecule has 0 bridgehead atoms. The maximum atomic E-state index is 9.60. The van der Waals surface area contributed by atoms with Crippen LogP contribution in [-0.2, 0) is 14.4 Å². The predicted molar refractivity (Wildman–Crippen MR) is 127 cm³/mol. The van der Waals surface area contributed by atoms with Crippen LogP contribution in [0.4, 0.5) is 0 Å². The van der Waals surface area contributed by atoms with Crippen LogP contribution in [0, 0.1) is 0 Å². The van der Waals surface area contributed by atoms with Crippen LogP contribution in [0.1, 0.15) is 26.3 Å². The van der Waals surface area contributed by atoms with Crippen LogP contribution >= 0.6 is 0 Å². The van der Waals surface area contributed by atoms with Crippen molar-refractivity contribution >= 4 is 24.0 Å². The molecular formula is C24H34O8. The summed E-state index contributed by atoms with van der Waals surface area (Å²) < 4.78 is 0. The highest BCUT2D eigenvalue weighted by Crippen LogP contribution is 2.00. The molecule has 0 aliphatic carbocycles. The van der Waals surface area contributed by atoms with E-state index in [-0.39, 0.29) is 29.9 Å². The minimum Gasteiger partial charge on any atom is -0.478 e. The number of aliphatic hydroxyl groups is 2. The van der Waals surface area contributed by atoms with E-state index in [4.69, 9.17) is 25.5 Å². The van der Waals surface area contributed by atoms with Crippen molar-refractivity contribution in [2.75, 3.05) is 13.2 Å². The van der Waals surface area contributed by atoms with Crippen LogP contribution in [0.5, 0.6) is 0 Å². The minimum atomic E-state index is -0.935. The van der Waals surface area contributed by atoms with Crippen molar-refractivity contribution in [1.29, 1.82) is 0 Å². The number of aliphatic hydroxyl groups excluding tert-OH is 2. The van der Waals surface area contributed by atoms with E-state index in [0.29, 0.717) is 0 Å². The second-order valence-electron chi connectivity index (χ2n) is 5.71. The average molecular weight is 451 g/mol. The second kappa shape index (κ2) is 25.3. The first-order chi connectivity index (χ1) is 14.8. The summed E-state index contributed by atoms with van der Waals surface area (Å²) in [6.45, 7) is 17.1. The van der Waals surface area contributed by atoms with E-state index in [2.05, 4.69) is 38.4 Å². The Kier molecular flexibility index (Phi) is 28.2. The number of rotatable bonds is 6. The molecule has 5 N–H and O–H groups in total. The van der Waals surface area contributed by atoms with Gasteiger partial charge in [-0.3, -0.25) is 0 Å². The molecule has 0 heterocycles. The van der Waals surface area contributed by atoms with Gasteiger partial charge in [-0.05, 0) is 26.3 Å².